The minimum Gasteiger partial charge on any atom is -0.494 e. The van der Waals surface area contributed by atoms with Gasteiger partial charge in [-0.15, -0.1) is 0 Å². The lowest BCUT2D eigenvalue weighted by Gasteiger charge is -2.23. The topological polar surface area (TPSA) is 73.9 Å². The van der Waals surface area contributed by atoms with Gasteiger partial charge in [-0.3, -0.25) is 0 Å². The van der Waals surface area contributed by atoms with Gasteiger partial charge in [0.25, 0.3) is 0 Å². The quantitative estimate of drug-likeness (QED) is 0.819. The molecule has 2 aromatic rings. The van der Waals surface area contributed by atoms with Gasteiger partial charge >= 0.3 is 0 Å². The Morgan fingerprint density at radius 3 is 2.37 bits per heavy atom. The van der Waals surface area contributed by atoms with E-state index in [0.29, 0.717) is 36.1 Å². The molecule has 27 heavy (non-hydrogen) atoms. The molecule has 0 aromatic heterocycles. The number of ether oxygens (including phenoxy) is 3. The maximum Gasteiger partial charge on any atom is 0.201 e. The van der Waals surface area contributed by atoms with Crippen molar-refractivity contribution in [3.8, 4) is 17.2 Å². The van der Waals surface area contributed by atoms with Crippen LogP contribution in [-0.2, 0) is 16.3 Å². The molecule has 3 rings (SSSR count). The summed E-state index contributed by atoms with van der Waals surface area (Å²) >= 11 is 0. The first kappa shape index (κ1) is 19.1. The number of benzene rings is 2. The lowest BCUT2D eigenvalue weighted by molar-refractivity contribution is 0.340. The molecule has 2 aromatic carbocycles. The van der Waals surface area contributed by atoms with E-state index in [1.165, 1.54) is 5.41 Å². The van der Waals surface area contributed by atoms with Crippen molar-refractivity contribution in [2.75, 3.05) is 27.4 Å². The SMILES string of the molecule is CCOc1ccc(S(=O)(=O)C=C2NCCc3cc(OC)c(OC)cc32)cc1. The van der Waals surface area contributed by atoms with Gasteiger partial charge in [-0.2, -0.15) is 0 Å². The summed E-state index contributed by atoms with van der Waals surface area (Å²) in [6, 6.07) is 10.1. The van der Waals surface area contributed by atoms with Crippen LogP contribution in [0.3, 0.4) is 0 Å². The molecule has 0 aliphatic carbocycles. The molecule has 0 spiro atoms. The zero-order chi connectivity index (χ0) is 19.4. The summed E-state index contributed by atoms with van der Waals surface area (Å²) in [6.07, 6.45) is 0.774. The van der Waals surface area contributed by atoms with Crippen molar-refractivity contribution in [2.45, 2.75) is 18.2 Å². The van der Waals surface area contributed by atoms with Crippen LogP contribution in [0.4, 0.5) is 0 Å². The Morgan fingerprint density at radius 1 is 1.07 bits per heavy atom. The maximum atomic E-state index is 12.8. The Bertz CT molecular complexity index is 949. The fourth-order valence-corrected chi connectivity index (χ4v) is 4.20. The molecule has 0 bridgehead atoms. The molecule has 0 atom stereocenters. The summed E-state index contributed by atoms with van der Waals surface area (Å²) in [5, 5.41) is 4.45. The summed E-state index contributed by atoms with van der Waals surface area (Å²) in [6.45, 7) is 3.06. The summed E-state index contributed by atoms with van der Waals surface area (Å²) in [5.74, 6) is 1.83. The van der Waals surface area contributed by atoms with Gasteiger partial charge in [0.15, 0.2) is 11.5 Å². The molecule has 6 nitrogen and oxygen atoms in total. The van der Waals surface area contributed by atoms with Gasteiger partial charge in [0.2, 0.25) is 9.84 Å². The van der Waals surface area contributed by atoms with Crippen molar-refractivity contribution in [2.24, 2.45) is 0 Å². The van der Waals surface area contributed by atoms with Crippen molar-refractivity contribution in [3.05, 3.63) is 52.9 Å². The number of hydrogen-bond acceptors (Lipinski definition) is 6. The molecular weight excluding hydrogens is 366 g/mol. The number of fused-ring (bicyclic) bond motifs is 1. The highest BCUT2D eigenvalue weighted by molar-refractivity contribution is 7.94. The monoisotopic (exact) mass is 389 g/mol. The number of rotatable bonds is 6. The van der Waals surface area contributed by atoms with E-state index in [4.69, 9.17) is 14.2 Å². The standard InChI is InChI=1S/C20H23NO5S/c1-4-26-15-5-7-16(8-6-15)27(22,23)13-18-17-12-20(25-3)19(24-2)11-14(17)9-10-21-18/h5-8,11-13,21H,4,9-10H2,1-3H3. The van der Waals surface area contributed by atoms with Gasteiger partial charge in [-0.05, 0) is 55.3 Å². The predicted octanol–water partition coefficient (Wildman–Crippen LogP) is 3.02. The Balaban J connectivity index is 2.00. The third-order valence-corrected chi connectivity index (χ3v) is 5.82. The molecule has 0 amide bonds. The van der Waals surface area contributed by atoms with E-state index < -0.39 is 9.84 Å². The van der Waals surface area contributed by atoms with Crippen LogP contribution in [-0.4, -0.2) is 35.8 Å². The molecular formula is C20H23NO5S. The molecule has 1 aliphatic heterocycles. The molecule has 144 valence electrons. The van der Waals surface area contributed by atoms with E-state index in [-0.39, 0.29) is 4.90 Å². The van der Waals surface area contributed by atoms with E-state index >= 15 is 0 Å². The van der Waals surface area contributed by atoms with Gasteiger partial charge < -0.3 is 19.5 Å². The molecule has 1 heterocycles. The first-order chi connectivity index (χ1) is 13.0. The Labute approximate surface area is 159 Å². The van der Waals surface area contributed by atoms with Crippen molar-refractivity contribution < 1.29 is 22.6 Å². The zero-order valence-corrected chi connectivity index (χ0v) is 16.4. The maximum absolute atomic E-state index is 12.8. The number of hydrogen-bond donors (Lipinski definition) is 1. The third kappa shape index (κ3) is 4.03. The van der Waals surface area contributed by atoms with Crippen LogP contribution in [0.25, 0.3) is 5.70 Å². The summed E-state index contributed by atoms with van der Waals surface area (Å²) in [7, 11) is -0.484. The van der Waals surface area contributed by atoms with Crippen molar-refractivity contribution in [1.82, 2.24) is 5.32 Å². The molecule has 0 unspecified atom stereocenters. The first-order valence-corrected chi connectivity index (χ1v) is 10.2. The van der Waals surface area contributed by atoms with Crippen molar-refractivity contribution >= 4 is 15.5 Å². The van der Waals surface area contributed by atoms with Crippen LogP contribution in [0.1, 0.15) is 18.1 Å². The Kier molecular flexibility index (Phi) is 5.60. The first-order valence-electron chi connectivity index (χ1n) is 8.67. The fourth-order valence-electron chi connectivity index (χ4n) is 3.03. The lowest BCUT2D eigenvalue weighted by atomic mass is 9.98. The van der Waals surface area contributed by atoms with Gasteiger partial charge in [0.1, 0.15) is 5.75 Å². The molecule has 7 heteroatoms. The molecule has 0 saturated carbocycles. The Hall–Kier alpha value is -2.67. The van der Waals surface area contributed by atoms with Crippen LogP contribution < -0.4 is 19.5 Å². The van der Waals surface area contributed by atoms with E-state index in [0.717, 1.165) is 17.5 Å². The third-order valence-electron chi connectivity index (χ3n) is 4.35. The predicted molar refractivity (Wildman–Crippen MR) is 104 cm³/mol. The van der Waals surface area contributed by atoms with Crippen LogP contribution in [0.15, 0.2) is 46.7 Å². The second-order valence-electron chi connectivity index (χ2n) is 6.02. The van der Waals surface area contributed by atoms with Crippen molar-refractivity contribution in [1.29, 1.82) is 0 Å². The molecule has 1 aliphatic rings. The van der Waals surface area contributed by atoms with E-state index in [2.05, 4.69) is 5.32 Å². The second kappa shape index (κ2) is 7.92. The van der Waals surface area contributed by atoms with Gasteiger partial charge in [-0.25, -0.2) is 8.42 Å². The highest BCUT2D eigenvalue weighted by Crippen LogP contribution is 2.35. The van der Waals surface area contributed by atoms with E-state index in [1.807, 2.05) is 13.0 Å². The van der Waals surface area contributed by atoms with Gasteiger partial charge in [0, 0.05) is 12.1 Å². The van der Waals surface area contributed by atoms with Gasteiger partial charge in [-0.1, -0.05) is 0 Å². The van der Waals surface area contributed by atoms with Crippen LogP contribution in [0.5, 0.6) is 17.2 Å². The number of nitrogens with one attached hydrogen (secondary N) is 1. The lowest BCUT2D eigenvalue weighted by Crippen LogP contribution is -2.23. The van der Waals surface area contributed by atoms with E-state index in [1.54, 1.807) is 44.6 Å². The number of methoxy groups -OCH3 is 2. The average molecular weight is 389 g/mol. The zero-order valence-electron chi connectivity index (χ0n) is 15.6. The highest BCUT2D eigenvalue weighted by Gasteiger charge is 2.21. The minimum absolute atomic E-state index is 0.216. The normalized spacial score (nSPS) is 15.0. The van der Waals surface area contributed by atoms with E-state index in [9.17, 15) is 8.42 Å². The summed E-state index contributed by atoms with van der Waals surface area (Å²) < 4.78 is 41.8. The summed E-state index contributed by atoms with van der Waals surface area (Å²) in [4.78, 5) is 0.216. The fraction of sp³-hybridized carbons (Fsp3) is 0.300. The van der Waals surface area contributed by atoms with Crippen LogP contribution in [0.2, 0.25) is 0 Å². The second-order valence-corrected chi connectivity index (χ2v) is 7.82. The average Bonchev–Trinajstić information content (AvgIpc) is 2.67. The molecule has 0 fully saturated rings. The number of sulfone groups is 1. The van der Waals surface area contributed by atoms with Crippen molar-refractivity contribution in [3.63, 3.8) is 0 Å². The van der Waals surface area contributed by atoms with Crippen LogP contribution >= 0.6 is 0 Å². The molecule has 0 saturated heterocycles. The minimum atomic E-state index is -3.62. The van der Waals surface area contributed by atoms with Gasteiger partial charge in [0.05, 0.1) is 36.8 Å². The molecule has 1 N–H and O–H groups in total. The largest absolute Gasteiger partial charge is 0.494 e. The smallest absolute Gasteiger partial charge is 0.201 e. The highest BCUT2D eigenvalue weighted by atomic mass is 32.2. The molecule has 0 radical (unpaired) electrons. The Morgan fingerprint density at radius 2 is 1.74 bits per heavy atom. The summed E-state index contributed by atoms with van der Waals surface area (Å²) in [5.41, 5.74) is 2.36. The van der Waals surface area contributed by atoms with Crippen LogP contribution in [0, 0.1) is 0 Å².